The van der Waals surface area contributed by atoms with Crippen molar-refractivity contribution in [3.8, 4) is 0 Å². The van der Waals surface area contributed by atoms with Crippen LogP contribution in [0.3, 0.4) is 0 Å². The monoisotopic (exact) mass is 308 g/mol. The first-order valence-electron chi connectivity index (χ1n) is 7.45. The highest BCUT2D eigenvalue weighted by Crippen LogP contribution is 2.38. The number of carbonyl (C=O) groups excluding carboxylic acids is 1. The fourth-order valence-electron chi connectivity index (χ4n) is 3.52. The molecule has 4 nitrogen and oxygen atoms in total. The van der Waals surface area contributed by atoms with E-state index in [1.165, 1.54) is 0 Å². The zero-order chi connectivity index (χ0) is 15.5. The molecule has 1 spiro atoms. The molecule has 0 radical (unpaired) electrons. The third-order valence-corrected chi connectivity index (χ3v) is 4.54. The molecule has 2 aliphatic rings. The number of hydrogen-bond acceptors (Lipinski definition) is 3. The standard InChI is InChI=1S/C14H23F3N2O2/c1-21-10-9-19-12(20)3-5-13(19)4-2-7-18(11-13)8-6-14(15,16)17/h2-11H2,1H3. The lowest BCUT2D eigenvalue weighted by Crippen LogP contribution is -2.57. The molecule has 2 heterocycles. The number of likely N-dealkylation sites (tertiary alicyclic amines) is 2. The number of nitrogens with zero attached hydrogens (tertiary/aromatic N) is 2. The van der Waals surface area contributed by atoms with Crippen LogP contribution in [0.5, 0.6) is 0 Å². The van der Waals surface area contributed by atoms with E-state index in [0.717, 1.165) is 19.3 Å². The Labute approximate surface area is 123 Å². The van der Waals surface area contributed by atoms with E-state index < -0.39 is 12.6 Å². The minimum absolute atomic E-state index is 0.0254. The lowest BCUT2D eigenvalue weighted by atomic mass is 9.86. The van der Waals surface area contributed by atoms with E-state index in [9.17, 15) is 18.0 Å². The molecule has 7 heteroatoms. The normalized spacial score (nSPS) is 27.8. The second-order valence-corrected chi connectivity index (χ2v) is 6.01. The second-order valence-electron chi connectivity index (χ2n) is 6.01. The van der Waals surface area contributed by atoms with Crippen molar-refractivity contribution >= 4 is 5.91 Å². The van der Waals surface area contributed by atoms with E-state index in [-0.39, 0.29) is 18.0 Å². The highest BCUT2D eigenvalue weighted by atomic mass is 19.4. The summed E-state index contributed by atoms with van der Waals surface area (Å²) in [5.74, 6) is 0.102. The number of rotatable bonds is 5. The number of amides is 1. The van der Waals surface area contributed by atoms with Crippen molar-refractivity contribution in [2.24, 2.45) is 0 Å². The molecule has 1 unspecified atom stereocenters. The van der Waals surface area contributed by atoms with Crippen LogP contribution in [-0.2, 0) is 9.53 Å². The average molecular weight is 308 g/mol. The van der Waals surface area contributed by atoms with Gasteiger partial charge in [0.15, 0.2) is 0 Å². The highest BCUT2D eigenvalue weighted by molar-refractivity contribution is 5.79. The van der Waals surface area contributed by atoms with Crippen molar-refractivity contribution < 1.29 is 22.7 Å². The van der Waals surface area contributed by atoms with Crippen LogP contribution in [0.1, 0.15) is 32.1 Å². The first-order valence-corrected chi connectivity index (χ1v) is 7.45. The average Bonchev–Trinajstić information content (AvgIpc) is 2.70. The van der Waals surface area contributed by atoms with Gasteiger partial charge in [-0.25, -0.2) is 0 Å². The summed E-state index contributed by atoms with van der Waals surface area (Å²) in [5, 5.41) is 0. The van der Waals surface area contributed by atoms with Crippen LogP contribution < -0.4 is 0 Å². The molecule has 0 bridgehead atoms. The van der Waals surface area contributed by atoms with Crippen LogP contribution in [0.2, 0.25) is 0 Å². The van der Waals surface area contributed by atoms with E-state index in [1.807, 2.05) is 9.80 Å². The molecular formula is C14H23F3N2O2. The van der Waals surface area contributed by atoms with Gasteiger partial charge < -0.3 is 14.5 Å². The van der Waals surface area contributed by atoms with Crippen LogP contribution in [-0.4, -0.2) is 67.3 Å². The number of hydrogen-bond donors (Lipinski definition) is 0. The Bertz CT molecular complexity index is 376. The molecule has 2 rings (SSSR count). The topological polar surface area (TPSA) is 32.8 Å². The fourth-order valence-corrected chi connectivity index (χ4v) is 3.52. The van der Waals surface area contributed by atoms with Crippen molar-refractivity contribution in [1.29, 1.82) is 0 Å². The molecular weight excluding hydrogens is 285 g/mol. The third kappa shape index (κ3) is 4.10. The number of ether oxygens (including phenoxy) is 1. The van der Waals surface area contributed by atoms with Crippen LogP contribution in [0, 0.1) is 0 Å². The fraction of sp³-hybridized carbons (Fsp3) is 0.929. The Kier molecular flexibility index (Phi) is 5.14. The summed E-state index contributed by atoms with van der Waals surface area (Å²) >= 11 is 0. The number of piperidine rings is 1. The molecule has 122 valence electrons. The Hall–Kier alpha value is -0.820. The molecule has 1 atom stereocenters. The molecule has 0 N–H and O–H groups in total. The maximum absolute atomic E-state index is 12.4. The minimum Gasteiger partial charge on any atom is -0.383 e. The van der Waals surface area contributed by atoms with Gasteiger partial charge in [-0.2, -0.15) is 13.2 Å². The maximum atomic E-state index is 12.4. The van der Waals surface area contributed by atoms with Crippen molar-refractivity contribution in [2.75, 3.05) is 39.9 Å². The van der Waals surface area contributed by atoms with Gasteiger partial charge in [-0.3, -0.25) is 4.79 Å². The van der Waals surface area contributed by atoms with Crippen LogP contribution in [0.15, 0.2) is 0 Å². The molecule has 0 aromatic rings. The summed E-state index contributed by atoms with van der Waals surface area (Å²) in [6.07, 6.45) is -1.94. The van der Waals surface area contributed by atoms with Gasteiger partial charge in [0.25, 0.3) is 0 Å². The van der Waals surface area contributed by atoms with Gasteiger partial charge in [-0.15, -0.1) is 0 Å². The Morgan fingerprint density at radius 1 is 1.29 bits per heavy atom. The number of carbonyl (C=O) groups is 1. The zero-order valence-electron chi connectivity index (χ0n) is 12.4. The molecule has 2 saturated heterocycles. The Morgan fingerprint density at radius 2 is 2.05 bits per heavy atom. The Morgan fingerprint density at radius 3 is 2.71 bits per heavy atom. The van der Waals surface area contributed by atoms with Crippen molar-refractivity contribution in [3.63, 3.8) is 0 Å². The van der Waals surface area contributed by atoms with Crippen molar-refractivity contribution in [2.45, 2.75) is 43.8 Å². The molecule has 2 fully saturated rings. The lowest BCUT2D eigenvalue weighted by molar-refractivity contribution is -0.142. The Balaban J connectivity index is 1.98. The quantitative estimate of drug-likeness (QED) is 0.779. The first kappa shape index (κ1) is 16.5. The summed E-state index contributed by atoms with van der Waals surface area (Å²) in [7, 11) is 1.59. The summed E-state index contributed by atoms with van der Waals surface area (Å²) in [6.45, 7) is 2.26. The molecule has 21 heavy (non-hydrogen) atoms. The van der Waals surface area contributed by atoms with Crippen LogP contribution in [0.4, 0.5) is 13.2 Å². The molecule has 1 amide bonds. The predicted molar refractivity (Wildman–Crippen MR) is 71.9 cm³/mol. The lowest BCUT2D eigenvalue weighted by Gasteiger charge is -2.46. The van der Waals surface area contributed by atoms with Crippen molar-refractivity contribution in [3.05, 3.63) is 0 Å². The molecule has 0 saturated carbocycles. The summed E-state index contributed by atoms with van der Waals surface area (Å²) in [5.41, 5.74) is -0.278. The van der Waals surface area contributed by atoms with Crippen molar-refractivity contribution in [1.82, 2.24) is 9.80 Å². The maximum Gasteiger partial charge on any atom is 0.390 e. The van der Waals surface area contributed by atoms with Gasteiger partial charge in [0.05, 0.1) is 18.6 Å². The predicted octanol–water partition coefficient (Wildman–Crippen LogP) is 2.04. The molecule has 0 aromatic carbocycles. The smallest absolute Gasteiger partial charge is 0.383 e. The third-order valence-electron chi connectivity index (χ3n) is 4.54. The zero-order valence-corrected chi connectivity index (χ0v) is 12.4. The van der Waals surface area contributed by atoms with Crippen LogP contribution in [0.25, 0.3) is 0 Å². The van der Waals surface area contributed by atoms with E-state index in [4.69, 9.17) is 4.74 Å². The summed E-state index contributed by atoms with van der Waals surface area (Å²) in [6, 6.07) is 0. The number of alkyl halides is 3. The van der Waals surface area contributed by atoms with Gasteiger partial charge in [0.1, 0.15) is 0 Å². The molecule has 0 aromatic heterocycles. The first-order chi connectivity index (χ1) is 9.86. The van der Waals surface area contributed by atoms with Gasteiger partial charge in [-0.1, -0.05) is 0 Å². The second kappa shape index (κ2) is 6.52. The summed E-state index contributed by atoms with van der Waals surface area (Å²) in [4.78, 5) is 15.7. The SMILES string of the molecule is COCCN1C(=O)CCC12CCCN(CCC(F)(F)F)C2. The van der Waals surface area contributed by atoms with Gasteiger partial charge in [0, 0.05) is 33.2 Å². The highest BCUT2D eigenvalue weighted by Gasteiger charge is 2.47. The number of methoxy groups -OCH3 is 1. The van der Waals surface area contributed by atoms with Gasteiger partial charge in [0.2, 0.25) is 5.91 Å². The van der Waals surface area contributed by atoms with E-state index in [2.05, 4.69) is 0 Å². The van der Waals surface area contributed by atoms with Gasteiger partial charge >= 0.3 is 6.18 Å². The largest absolute Gasteiger partial charge is 0.390 e. The summed E-state index contributed by atoms with van der Waals surface area (Å²) < 4.78 is 42.2. The minimum atomic E-state index is -4.12. The number of halogens is 3. The van der Waals surface area contributed by atoms with E-state index in [1.54, 1.807) is 7.11 Å². The molecule has 0 aliphatic carbocycles. The van der Waals surface area contributed by atoms with E-state index in [0.29, 0.717) is 32.7 Å². The van der Waals surface area contributed by atoms with E-state index >= 15 is 0 Å². The molecule has 2 aliphatic heterocycles. The van der Waals surface area contributed by atoms with Gasteiger partial charge in [-0.05, 0) is 25.8 Å². The van der Waals surface area contributed by atoms with Crippen LogP contribution >= 0.6 is 0 Å².